The minimum atomic E-state index is 0.368. The van der Waals surface area contributed by atoms with Gasteiger partial charge in [-0.2, -0.15) is 0 Å². The molecule has 0 radical (unpaired) electrons. The monoisotopic (exact) mass is 407 g/mol. The van der Waals surface area contributed by atoms with E-state index >= 15 is 0 Å². The van der Waals surface area contributed by atoms with Gasteiger partial charge in [-0.05, 0) is 38.0 Å². The van der Waals surface area contributed by atoms with E-state index in [1.807, 2.05) is 11.8 Å². The molecule has 0 N–H and O–H groups in total. The van der Waals surface area contributed by atoms with Crippen LogP contribution in [-0.4, -0.2) is 40.2 Å². The summed E-state index contributed by atoms with van der Waals surface area (Å²) in [5.41, 5.74) is 5.79. The summed E-state index contributed by atoms with van der Waals surface area (Å²) >= 11 is 6.18. The number of aryl methyl sites for hydroxylation is 2. The third-order valence-electron chi connectivity index (χ3n) is 4.95. The van der Waals surface area contributed by atoms with E-state index in [-0.39, 0.29) is 0 Å². The molecule has 0 unspecified atom stereocenters. The fourth-order valence-corrected chi connectivity index (χ4v) is 3.49. The molecule has 0 saturated carbocycles. The number of nitrogens with zero attached hydrogens (tertiary/aromatic N) is 5. The Morgan fingerprint density at radius 2 is 1.90 bits per heavy atom. The lowest BCUT2D eigenvalue weighted by atomic mass is 10.1. The number of halogens is 1. The Balaban J connectivity index is 1.44. The quantitative estimate of drug-likeness (QED) is 0.676. The number of hydrogen-bond acceptors (Lipinski definition) is 6. The maximum atomic E-state index is 6.18. The number of ether oxygens (including phenoxy) is 1. The first kappa shape index (κ1) is 19.2. The van der Waals surface area contributed by atoms with Crippen LogP contribution < -0.4 is 0 Å². The minimum absolute atomic E-state index is 0.368. The summed E-state index contributed by atoms with van der Waals surface area (Å²) in [4.78, 5) is 10.5. The second-order valence-corrected chi connectivity index (χ2v) is 7.48. The molecule has 0 spiro atoms. The zero-order valence-electron chi connectivity index (χ0n) is 16.5. The summed E-state index contributed by atoms with van der Waals surface area (Å²) in [6, 6.07) is 8.49. The molecule has 2 aliphatic rings. The standard InChI is InChI=1S/C22H22ClN5O/c1-14-5-7-18(8-6-14)9-10-28-17(4)29-19(26-28)12-27-13-25-21-20(16(27)3)15(2)11-24-22(21)23/h5-8,11,13H,3-4,9-10,12H2,1-2H3. The van der Waals surface area contributed by atoms with Gasteiger partial charge in [0.2, 0.25) is 11.8 Å². The lowest BCUT2D eigenvalue weighted by Gasteiger charge is -2.27. The first-order valence-corrected chi connectivity index (χ1v) is 9.72. The molecule has 1 aromatic heterocycles. The van der Waals surface area contributed by atoms with Gasteiger partial charge in [-0.1, -0.05) is 48.0 Å². The zero-order valence-corrected chi connectivity index (χ0v) is 17.3. The van der Waals surface area contributed by atoms with E-state index < -0.39 is 0 Å². The maximum absolute atomic E-state index is 6.18. The third-order valence-corrected chi connectivity index (χ3v) is 5.23. The molecule has 2 aliphatic heterocycles. The summed E-state index contributed by atoms with van der Waals surface area (Å²) < 4.78 is 5.77. The maximum Gasteiger partial charge on any atom is 0.234 e. The Morgan fingerprint density at radius 3 is 2.66 bits per heavy atom. The molecule has 6 nitrogen and oxygen atoms in total. The van der Waals surface area contributed by atoms with Crippen molar-refractivity contribution in [2.75, 3.05) is 13.1 Å². The average Bonchev–Trinajstić information content (AvgIpc) is 3.05. The highest BCUT2D eigenvalue weighted by Crippen LogP contribution is 2.37. The highest BCUT2D eigenvalue weighted by Gasteiger charge is 2.26. The average molecular weight is 408 g/mol. The molecule has 0 fully saturated rings. The topological polar surface area (TPSA) is 53.3 Å². The van der Waals surface area contributed by atoms with Crippen molar-refractivity contribution in [1.82, 2.24) is 14.9 Å². The van der Waals surface area contributed by atoms with Crippen LogP contribution in [-0.2, 0) is 11.2 Å². The van der Waals surface area contributed by atoms with Crippen molar-refractivity contribution in [2.24, 2.45) is 10.1 Å². The second-order valence-electron chi connectivity index (χ2n) is 7.12. The normalized spacial score (nSPS) is 15.5. The Bertz CT molecular complexity index is 1040. The van der Waals surface area contributed by atoms with Gasteiger partial charge in [0.1, 0.15) is 12.2 Å². The predicted molar refractivity (Wildman–Crippen MR) is 117 cm³/mol. The third kappa shape index (κ3) is 3.89. The number of hydrazone groups is 1. The fourth-order valence-electron chi connectivity index (χ4n) is 3.30. The van der Waals surface area contributed by atoms with Gasteiger partial charge in [-0.25, -0.2) is 15.0 Å². The molecule has 1 aromatic carbocycles. The van der Waals surface area contributed by atoms with Gasteiger partial charge < -0.3 is 9.64 Å². The highest BCUT2D eigenvalue weighted by molar-refractivity contribution is 6.32. The number of aromatic nitrogens is 1. The highest BCUT2D eigenvalue weighted by atomic mass is 35.5. The summed E-state index contributed by atoms with van der Waals surface area (Å²) in [5.74, 6) is 1.07. The molecular weight excluding hydrogens is 386 g/mol. The van der Waals surface area contributed by atoms with Gasteiger partial charge >= 0.3 is 0 Å². The summed E-state index contributed by atoms with van der Waals surface area (Å²) in [6.07, 6.45) is 4.26. The molecule has 0 atom stereocenters. The van der Waals surface area contributed by atoms with Gasteiger partial charge in [0.15, 0.2) is 5.15 Å². The Labute approximate surface area is 175 Å². The van der Waals surface area contributed by atoms with Crippen molar-refractivity contribution in [3.8, 4) is 0 Å². The summed E-state index contributed by atoms with van der Waals surface area (Å²) in [5, 5.41) is 6.73. The van der Waals surface area contributed by atoms with Crippen molar-refractivity contribution in [1.29, 1.82) is 0 Å². The van der Waals surface area contributed by atoms with Gasteiger partial charge in [0.25, 0.3) is 0 Å². The minimum Gasteiger partial charge on any atom is -0.422 e. The van der Waals surface area contributed by atoms with Gasteiger partial charge in [0, 0.05) is 24.0 Å². The van der Waals surface area contributed by atoms with E-state index in [0.717, 1.165) is 23.2 Å². The number of rotatable bonds is 5. The summed E-state index contributed by atoms with van der Waals surface area (Å²) in [7, 11) is 0. The number of fused-ring (bicyclic) bond motifs is 1. The van der Waals surface area contributed by atoms with E-state index in [0.29, 0.717) is 35.7 Å². The van der Waals surface area contributed by atoms with Gasteiger partial charge in [-0.3, -0.25) is 0 Å². The van der Waals surface area contributed by atoms with E-state index in [2.05, 4.69) is 59.4 Å². The molecule has 0 aliphatic carbocycles. The lowest BCUT2D eigenvalue weighted by molar-refractivity contribution is 0.269. The molecular formula is C22H22ClN5O. The largest absolute Gasteiger partial charge is 0.422 e. The van der Waals surface area contributed by atoms with Crippen molar-refractivity contribution in [3.05, 3.63) is 76.9 Å². The Kier molecular flexibility index (Phi) is 5.11. The second kappa shape index (κ2) is 7.72. The van der Waals surface area contributed by atoms with Crippen molar-refractivity contribution in [3.63, 3.8) is 0 Å². The first-order valence-electron chi connectivity index (χ1n) is 9.35. The molecule has 0 bridgehead atoms. The molecule has 2 aromatic rings. The van der Waals surface area contributed by atoms with Crippen LogP contribution in [0.15, 0.2) is 59.6 Å². The smallest absolute Gasteiger partial charge is 0.234 e. The molecule has 0 saturated heterocycles. The van der Waals surface area contributed by atoms with Crippen LogP contribution in [0.5, 0.6) is 0 Å². The zero-order chi connectivity index (χ0) is 20.5. The Morgan fingerprint density at radius 1 is 1.14 bits per heavy atom. The lowest BCUT2D eigenvalue weighted by Crippen LogP contribution is -2.29. The van der Waals surface area contributed by atoms with Crippen molar-refractivity contribution in [2.45, 2.75) is 20.3 Å². The van der Waals surface area contributed by atoms with Crippen LogP contribution in [0.1, 0.15) is 22.3 Å². The van der Waals surface area contributed by atoms with E-state index in [1.165, 1.54) is 11.1 Å². The number of hydrogen-bond donors (Lipinski definition) is 0. The Hall–Kier alpha value is -3.12. The van der Waals surface area contributed by atoms with Crippen molar-refractivity contribution >= 4 is 35.2 Å². The number of aliphatic imine (C=N–C) groups is 1. The van der Waals surface area contributed by atoms with Gasteiger partial charge in [-0.15, -0.1) is 5.10 Å². The first-order chi connectivity index (χ1) is 13.9. The summed E-state index contributed by atoms with van der Waals surface area (Å²) in [6.45, 7) is 13.3. The van der Waals surface area contributed by atoms with Gasteiger partial charge in [0.05, 0.1) is 6.34 Å². The predicted octanol–water partition coefficient (Wildman–Crippen LogP) is 4.66. The van der Waals surface area contributed by atoms with Crippen LogP contribution in [0.3, 0.4) is 0 Å². The van der Waals surface area contributed by atoms with E-state index in [9.17, 15) is 0 Å². The van der Waals surface area contributed by atoms with Crippen LogP contribution in [0, 0.1) is 13.8 Å². The van der Waals surface area contributed by atoms with E-state index in [1.54, 1.807) is 17.5 Å². The fraction of sp³-hybridized carbons (Fsp3) is 0.227. The molecule has 148 valence electrons. The molecule has 29 heavy (non-hydrogen) atoms. The number of benzene rings is 1. The van der Waals surface area contributed by atoms with Crippen LogP contribution in [0.4, 0.5) is 5.69 Å². The molecule has 3 heterocycles. The van der Waals surface area contributed by atoms with Crippen LogP contribution in [0.2, 0.25) is 5.15 Å². The van der Waals surface area contributed by atoms with Crippen LogP contribution >= 0.6 is 11.6 Å². The SMILES string of the molecule is C=C1c2c(C)cnc(Cl)c2N=CN1CC1=NN(CCc2ccc(C)cc2)C(=C)O1. The molecule has 4 rings (SSSR count). The molecule has 7 heteroatoms. The molecule has 0 amide bonds. The van der Waals surface area contributed by atoms with E-state index in [4.69, 9.17) is 16.3 Å². The number of pyridine rings is 1. The van der Waals surface area contributed by atoms with Crippen molar-refractivity contribution < 1.29 is 4.74 Å². The van der Waals surface area contributed by atoms with Crippen LogP contribution in [0.25, 0.3) is 5.70 Å².